The van der Waals surface area contributed by atoms with Crippen molar-refractivity contribution in [1.82, 2.24) is 5.43 Å². The molecule has 0 aliphatic heterocycles. The van der Waals surface area contributed by atoms with E-state index in [1.54, 1.807) is 12.1 Å². The van der Waals surface area contributed by atoms with Crippen LogP contribution in [0.1, 0.15) is 44.6 Å². The summed E-state index contributed by atoms with van der Waals surface area (Å²) in [6.45, 7) is 2.27. The van der Waals surface area contributed by atoms with Crippen molar-refractivity contribution in [1.29, 1.82) is 0 Å². The van der Waals surface area contributed by atoms with Gasteiger partial charge in [0.05, 0.1) is 0 Å². The second kappa shape index (κ2) is 7.53. The minimum atomic E-state index is -0.186. The third-order valence-electron chi connectivity index (χ3n) is 4.70. The summed E-state index contributed by atoms with van der Waals surface area (Å²) in [6, 6.07) is 5.08. The predicted octanol–water partition coefficient (Wildman–Crippen LogP) is 4.18. The minimum Gasteiger partial charge on any atom is -0.271 e. The molecule has 0 radical (unpaired) electrons. The number of halogens is 2. The molecular weight excluding hydrogens is 319 g/mol. The summed E-state index contributed by atoms with van der Waals surface area (Å²) in [4.78, 5) is 0. The Morgan fingerprint density at radius 3 is 2.65 bits per heavy atom. The van der Waals surface area contributed by atoms with Crippen LogP contribution in [0.5, 0.6) is 0 Å². The van der Waals surface area contributed by atoms with Crippen LogP contribution in [0.4, 0.5) is 4.39 Å². The van der Waals surface area contributed by atoms with Gasteiger partial charge in [-0.05, 0) is 54.9 Å². The second-order valence-electron chi connectivity index (χ2n) is 5.90. The number of hydrogen-bond acceptors (Lipinski definition) is 2. The summed E-state index contributed by atoms with van der Waals surface area (Å²) in [5, 5.41) is 0. The van der Waals surface area contributed by atoms with Crippen LogP contribution < -0.4 is 11.3 Å². The van der Waals surface area contributed by atoms with E-state index < -0.39 is 0 Å². The van der Waals surface area contributed by atoms with Crippen LogP contribution in [0, 0.1) is 17.7 Å². The van der Waals surface area contributed by atoms with Crippen LogP contribution in [0.15, 0.2) is 22.7 Å². The molecule has 0 bridgehead atoms. The van der Waals surface area contributed by atoms with Crippen molar-refractivity contribution in [2.75, 3.05) is 0 Å². The Bertz CT molecular complexity index is 430. The maximum absolute atomic E-state index is 13.4. The number of benzene rings is 1. The van der Waals surface area contributed by atoms with E-state index in [9.17, 15) is 4.39 Å². The predicted molar refractivity (Wildman–Crippen MR) is 84.7 cm³/mol. The first-order valence-electron chi connectivity index (χ1n) is 7.54. The highest BCUT2D eigenvalue weighted by Gasteiger charge is 2.27. The van der Waals surface area contributed by atoms with Crippen LogP contribution in [-0.4, -0.2) is 6.04 Å². The molecule has 1 saturated carbocycles. The molecule has 1 aromatic carbocycles. The molecule has 1 aliphatic carbocycles. The van der Waals surface area contributed by atoms with Crippen LogP contribution in [-0.2, 0) is 6.42 Å². The fraction of sp³-hybridized carbons (Fsp3) is 0.625. The first kappa shape index (κ1) is 15.9. The number of hydrazine groups is 1. The van der Waals surface area contributed by atoms with Crippen molar-refractivity contribution in [2.45, 2.75) is 51.5 Å². The molecule has 0 amide bonds. The zero-order chi connectivity index (χ0) is 14.5. The van der Waals surface area contributed by atoms with Gasteiger partial charge in [0.1, 0.15) is 5.82 Å². The molecule has 0 heterocycles. The van der Waals surface area contributed by atoms with Crippen molar-refractivity contribution in [3.63, 3.8) is 0 Å². The Kier molecular flexibility index (Phi) is 6.00. The third-order valence-corrected chi connectivity index (χ3v) is 5.47. The Hall–Kier alpha value is -0.450. The summed E-state index contributed by atoms with van der Waals surface area (Å²) in [5.74, 6) is 7.04. The Morgan fingerprint density at radius 2 is 2.05 bits per heavy atom. The van der Waals surface area contributed by atoms with Crippen molar-refractivity contribution in [3.05, 3.63) is 34.1 Å². The van der Waals surface area contributed by atoms with Crippen molar-refractivity contribution in [2.24, 2.45) is 17.7 Å². The molecule has 112 valence electrons. The third kappa shape index (κ3) is 4.03. The molecule has 1 fully saturated rings. The van der Waals surface area contributed by atoms with Gasteiger partial charge in [0.15, 0.2) is 0 Å². The summed E-state index contributed by atoms with van der Waals surface area (Å²) in [7, 11) is 0. The van der Waals surface area contributed by atoms with E-state index in [0.717, 1.165) is 22.4 Å². The zero-order valence-electron chi connectivity index (χ0n) is 12.0. The summed E-state index contributed by atoms with van der Waals surface area (Å²) < 4.78 is 14.3. The lowest BCUT2D eigenvalue weighted by Gasteiger charge is -2.33. The molecule has 2 rings (SSSR count). The average molecular weight is 343 g/mol. The maximum atomic E-state index is 13.4. The number of nitrogens with one attached hydrogen (secondary N) is 1. The van der Waals surface area contributed by atoms with Gasteiger partial charge in [0.2, 0.25) is 0 Å². The Labute approximate surface area is 129 Å². The van der Waals surface area contributed by atoms with Gasteiger partial charge in [-0.2, -0.15) is 0 Å². The normalized spacial score (nSPS) is 24.6. The first-order chi connectivity index (χ1) is 9.63. The standard InChI is InChI=1S/C16H24BrFN2/c1-2-11-3-5-12(6-4-11)16(20-19)10-13-9-14(18)7-8-15(13)17/h7-9,11-12,16,20H,2-6,10,19H2,1H3. The molecule has 1 aliphatic rings. The number of rotatable bonds is 5. The topological polar surface area (TPSA) is 38.0 Å². The lowest BCUT2D eigenvalue weighted by molar-refractivity contribution is 0.217. The van der Waals surface area contributed by atoms with E-state index in [4.69, 9.17) is 5.84 Å². The van der Waals surface area contributed by atoms with Crippen LogP contribution in [0.3, 0.4) is 0 Å². The van der Waals surface area contributed by atoms with Gasteiger partial charge >= 0.3 is 0 Å². The molecule has 0 aromatic heterocycles. The van der Waals surface area contributed by atoms with Gasteiger partial charge in [0.25, 0.3) is 0 Å². The summed E-state index contributed by atoms with van der Waals surface area (Å²) in [5.41, 5.74) is 3.95. The Balaban J connectivity index is 2.00. The summed E-state index contributed by atoms with van der Waals surface area (Å²) in [6.07, 6.45) is 7.09. The van der Waals surface area contributed by atoms with Crippen molar-refractivity contribution >= 4 is 15.9 Å². The van der Waals surface area contributed by atoms with E-state index in [1.807, 2.05) is 0 Å². The first-order valence-corrected chi connectivity index (χ1v) is 8.33. The smallest absolute Gasteiger partial charge is 0.123 e. The van der Waals surface area contributed by atoms with E-state index in [2.05, 4.69) is 28.3 Å². The SMILES string of the molecule is CCC1CCC(C(Cc2cc(F)ccc2Br)NN)CC1. The van der Waals surface area contributed by atoms with Gasteiger partial charge in [0, 0.05) is 10.5 Å². The fourth-order valence-electron chi connectivity index (χ4n) is 3.30. The summed E-state index contributed by atoms with van der Waals surface area (Å²) >= 11 is 3.50. The van der Waals surface area contributed by atoms with Gasteiger partial charge in [-0.1, -0.05) is 42.1 Å². The highest BCUT2D eigenvalue weighted by Crippen LogP contribution is 2.33. The van der Waals surface area contributed by atoms with E-state index >= 15 is 0 Å². The largest absolute Gasteiger partial charge is 0.271 e. The average Bonchev–Trinajstić information content (AvgIpc) is 2.48. The van der Waals surface area contributed by atoms with E-state index in [0.29, 0.717) is 5.92 Å². The minimum absolute atomic E-state index is 0.186. The molecule has 1 atom stereocenters. The molecule has 0 saturated heterocycles. The molecule has 20 heavy (non-hydrogen) atoms. The molecule has 1 aromatic rings. The van der Waals surface area contributed by atoms with Crippen LogP contribution >= 0.6 is 15.9 Å². The number of nitrogens with two attached hydrogens (primary N) is 1. The van der Waals surface area contributed by atoms with Crippen molar-refractivity contribution < 1.29 is 4.39 Å². The van der Waals surface area contributed by atoms with Gasteiger partial charge < -0.3 is 0 Å². The maximum Gasteiger partial charge on any atom is 0.123 e. The highest BCUT2D eigenvalue weighted by atomic mass is 79.9. The van der Waals surface area contributed by atoms with Gasteiger partial charge in [-0.25, -0.2) is 4.39 Å². The molecule has 1 unspecified atom stereocenters. The molecular formula is C16H24BrFN2. The molecule has 2 nitrogen and oxygen atoms in total. The van der Waals surface area contributed by atoms with E-state index in [-0.39, 0.29) is 11.9 Å². The quantitative estimate of drug-likeness (QED) is 0.622. The lowest BCUT2D eigenvalue weighted by Crippen LogP contribution is -2.43. The second-order valence-corrected chi connectivity index (χ2v) is 6.76. The van der Waals surface area contributed by atoms with Crippen molar-refractivity contribution in [3.8, 4) is 0 Å². The number of hydrogen-bond donors (Lipinski definition) is 2. The van der Waals surface area contributed by atoms with Crippen LogP contribution in [0.25, 0.3) is 0 Å². The highest BCUT2D eigenvalue weighted by molar-refractivity contribution is 9.10. The van der Waals surface area contributed by atoms with Crippen LogP contribution in [0.2, 0.25) is 0 Å². The Morgan fingerprint density at radius 1 is 1.35 bits per heavy atom. The molecule has 3 N–H and O–H groups in total. The monoisotopic (exact) mass is 342 g/mol. The fourth-order valence-corrected chi connectivity index (χ4v) is 3.71. The van der Waals surface area contributed by atoms with E-state index in [1.165, 1.54) is 38.2 Å². The molecule has 4 heteroatoms. The zero-order valence-corrected chi connectivity index (χ0v) is 13.6. The lowest BCUT2D eigenvalue weighted by atomic mass is 9.76. The molecule has 0 spiro atoms. The van der Waals surface area contributed by atoms with Gasteiger partial charge in [-0.15, -0.1) is 0 Å². The van der Waals surface area contributed by atoms with Gasteiger partial charge in [-0.3, -0.25) is 11.3 Å².